The van der Waals surface area contributed by atoms with Crippen molar-refractivity contribution in [2.75, 3.05) is 0 Å². The maximum absolute atomic E-state index is 12.2. The van der Waals surface area contributed by atoms with E-state index in [2.05, 4.69) is 10.2 Å². The molecule has 0 radical (unpaired) electrons. The Morgan fingerprint density at radius 2 is 2.00 bits per heavy atom. The number of ether oxygens (including phenoxy) is 1. The Morgan fingerprint density at radius 3 is 2.67 bits per heavy atom. The van der Waals surface area contributed by atoms with Crippen molar-refractivity contribution in [1.82, 2.24) is 10.2 Å². The lowest BCUT2D eigenvalue weighted by Crippen LogP contribution is -2.24. The summed E-state index contributed by atoms with van der Waals surface area (Å²) in [5.41, 5.74) is 2.61. The van der Waals surface area contributed by atoms with Crippen molar-refractivity contribution < 1.29 is 9.53 Å². The smallest absolute Gasteiger partial charge is 0.344 e. The van der Waals surface area contributed by atoms with Crippen LogP contribution in [0, 0.1) is 20.8 Å². The second-order valence-corrected chi connectivity index (χ2v) is 5.10. The molecule has 1 aromatic heterocycles. The molecule has 0 spiro atoms. The first kappa shape index (κ1) is 15.0. The van der Waals surface area contributed by atoms with Crippen LogP contribution < -0.4 is 5.56 Å². The van der Waals surface area contributed by atoms with Gasteiger partial charge in [-0.25, -0.2) is 9.89 Å². The fourth-order valence-corrected chi connectivity index (χ4v) is 2.08. The molecule has 110 valence electrons. The third-order valence-electron chi connectivity index (χ3n) is 3.47. The average molecular weight is 286 g/mol. The number of carbonyl (C=O) groups is 1. The van der Waals surface area contributed by atoms with Gasteiger partial charge in [0.25, 0.3) is 5.56 Å². The average Bonchev–Trinajstić information content (AvgIpc) is 2.43. The summed E-state index contributed by atoms with van der Waals surface area (Å²) in [5.74, 6) is -0.631. The molecule has 5 heteroatoms. The highest BCUT2D eigenvalue weighted by Crippen LogP contribution is 2.19. The molecule has 0 aliphatic rings. The standard InChI is InChI=1S/C16H18N2O3/c1-9-6-5-7-13(8-9)12(4)21-16(20)14-10(2)11(3)17-18-15(14)19/h5-8,12H,1-4H3,(H,18,19). The first-order chi connectivity index (χ1) is 9.90. The predicted octanol–water partition coefficient (Wildman–Crippen LogP) is 2.61. The Balaban J connectivity index is 2.27. The highest BCUT2D eigenvalue weighted by molar-refractivity contribution is 5.90. The minimum absolute atomic E-state index is 0.0157. The second-order valence-electron chi connectivity index (χ2n) is 5.10. The van der Waals surface area contributed by atoms with E-state index >= 15 is 0 Å². The number of aryl methyl sites for hydroxylation is 2. The minimum atomic E-state index is -0.631. The Bertz CT molecular complexity index is 735. The molecule has 2 aromatic rings. The van der Waals surface area contributed by atoms with Gasteiger partial charge in [0.15, 0.2) is 0 Å². The minimum Gasteiger partial charge on any atom is -0.454 e. The van der Waals surface area contributed by atoms with E-state index in [4.69, 9.17) is 4.74 Å². The fraction of sp³-hybridized carbons (Fsp3) is 0.312. The van der Waals surface area contributed by atoms with Crippen LogP contribution in [-0.4, -0.2) is 16.2 Å². The maximum Gasteiger partial charge on any atom is 0.344 e. The number of esters is 1. The van der Waals surface area contributed by atoms with Gasteiger partial charge in [0.05, 0.1) is 5.69 Å². The van der Waals surface area contributed by atoms with Crippen molar-refractivity contribution in [3.63, 3.8) is 0 Å². The lowest BCUT2D eigenvalue weighted by Gasteiger charge is -2.15. The van der Waals surface area contributed by atoms with Gasteiger partial charge in [-0.15, -0.1) is 0 Å². The maximum atomic E-state index is 12.2. The molecular formula is C16H18N2O3. The zero-order valence-electron chi connectivity index (χ0n) is 12.6. The molecule has 0 saturated carbocycles. The Hall–Kier alpha value is -2.43. The van der Waals surface area contributed by atoms with Crippen LogP contribution in [0.2, 0.25) is 0 Å². The monoisotopic (exact) mass is 286 g/mol. The van der Waals surface area contributed by atoms with E-state index < -0.39 is 17.6 Å². The Kier molecular flexibility index (Phi) is 4.21. The van der Waals surface area contributed by atoms with E-state index in [1.165, 1.54) is 0 Å². The summed E-state index contributed by atoms with van der Waals surface area (Å²) in [6, 6.07) is 7.72. The summed E-state index contributed by atoms with van der Waals surface area (Å²) in [4.78, 5) is 24.0. The SMILES string of the molecule is Cc1cccc(C(C)OC(=O)c2c(C)c(C)n[nH]c2=O)c1. The van der Waals surface area contributed by atoms with Crippen molar-refractivity contribution in [1.29, 1.82) is 0 Å². The third-order valence-corrected chi connectivity index (χ3v) is 3.47. The zero-order valence-corrected chi connectivity index (χ0v) is 12.6. The molecule has 0 bridgehead atoms. The van der Waals surface area contributed by atoms with Gasteiger partial charge in [-0.2, -0.15) is 5.10 Å². The molecule has 2 rings (SSSR count). The van der Waals surface area contributed by atoms with Crippen molar-refractivity contribution in [3.05, 3.63) is 62.6 Å². The summed E-state index contributed by atoms with van der Waals surface area (Å²) in [6.07, 6.45) is -0.426. The summed E-state index contributed by atoms with van der Waals surface area (Å²) in [5, 5.41) is 6.13. The van der Waals surface area contributed by atoms with Crippen molar-refractivity contribution in [3.8, 4) is 0 Å². The molecule has 1 unspecified atom stereocenters. The van der Waals surface area contributed by atoms with E-state index in [0.29, 0.717) is 11.3 Å². The Morgan fingerprint density at radius 1 is 1.29 bits per heavy atom. The van der Waals surface area contributed by atoms with Crippen LogP contribution in [-0.2, 0) is 4.74 Å². The van der Waals surface area contributed by atoms with Gasteiger partial charge in [-0.05, 0) is 38.8 Å². The lowest BCUT2D eigenvalue weighted by molar-refractivity contribution is 0.0334. The molecule has 21 heavy (non-hydrogen) atoms. The van der Waals surface area contributed by atoms with E-state index in [1.807, 2.05) is 31.2 Å². The molecule has 1 atom stereocenters. The lowest BCUT2D eigenvalue weighted by atomic mass is 10.1. The molecule has 1 aromatic carbocycles. The first-order valence-corrected chi connectivity index (χ1v) is 6.73. The number of aromatic amines is 1. The molecule has 1 heterocycles. The summed E-state index contributed by atoms with van der Waals surface area (Å²) >= 11 is 0. The summed E-state index contributed by atoms with van der Waals surface area (Å²) in [7, 11) is 0. The van der Waals surface area contributed by atoms with Crippen LogP contribution in [0.25, 0.3) is 0 Å². The number of carbonyl (C=O) groups excluding carboxylic acids is 1. The van der Waals surface area contributed by atoms with E-state index in [1.54, 1.807) is 20.8 Å². The Labute approximate surface area is 123 Å². The molecule has 1 N–H and O–H groups in total. The molecular weight excluding hydrogens is 268 g/mol. The van der Waals surface area contributed by atoms with Crippen molar-refractivity contribution in [2.24, 2.45) is 0 Å². The van der Waals surface area contributed by atoms with Crippen molar-refractivity contribution >= 4 is 5.97 Å². The van der Waals surface area contributed by atoms with Crippen LogP contribution in [0.4, 0.5) is 0 Å². The molecule has 0 aliphatic carbocycles. The fourth-order valence-electron chi connectivity index (χ4n) is 2.08. The largest absolute Gasteiger partial charge is 0.454 e. The van der Waals surface area contributed by atoms with E-state index in [-0.39, 0.29) is 5.56 Å². The number of nitrogens with one attached hydrogen (secondary N) is 1. The van der Waals surface area contributed by atoms with Crippen LogP contribution in [0.15, 0.2) is 29.1 Å². The number of H-pyrrole nitrogens is 1. The highest BCUT2D eigenvalue weighted by Gasteiger charge is 2.20. The van der Waals surface area contributed by atoms with E-state index in [0.717, 1.165) is 11.1 Å². The second kappa shape index (κ2) is 5.91. The molecule has 0 fully saturated rings. The van der Waals surface area contributed by atoms with Gasteiger partial charge in [0, 0.05) is 0 Å². The molecule has 5 nitrogen and oxygen atoms in total. The number of hydrogen-bond donors (Lipinski definition) is 1. The summed E-state index contributed by atoms with van der Waals surface area (Å²) in [6.45, 7) is 7.17. The zero-order chi connectivity index (χ0) is 15.6. The van der Waals surface area contributed by atoms with Gasteiger partial charge >= 0.3 is 5.97 Å². The topological polar surface area (TPSA) is 72.0 Å². The van der Waals surface area contributed by atoms with Crippen LogP contribution in [0.3, 0.4) is 0 Å². The number of rotatable bonds is 3. The highest BCUT2D eigenvalue weighted by atomic mass is 16.5. The quantitative estimate of drug-likeness (QED) is 0.880. The van der Waals surface area contributed by atoms with Gasteiger partial charge in [-0.1, -0.05) is 29.8 Å². The number of benzene rings is 1. The normalized spacial score (nSPS) is 12.0. The van der Waals surface area contributed by atoms with E-state index in [9.17, 15) is 9.59 Å². The number of nitrogens with zero attached hydrogens (tertiary/aromatic N) is 1. The van der Waals surface area contributed by atoms with Crippen LogP contribution in [0.1, 0.15) is 45.8 Å². The molecule has 0 amide bonds. The van der Waals surface area contributed by atoms with Crippen LogP contribution in [0.5, 0.6) is 0 Å². The number of hydrogen-bond acceptors (Lipinski definition) is 4. The summed E-state index contributed by atoms with van der Waals surface area (Å²) < 4.78 is 5.41. The molecule has 0 saturated heterocycles. The third kappa shape index (κ3) is 3.18. The van der Waals surface area contributed by atoms with Crippen molar-refractivity contribution in [2.45, 2.75) is 33.8 Å². The van der Waals surface area contributed by atoms with Gasteiger partial charge in [0.1, 0.15) is 11.7 Å². The van der Waals surface area contributed by atoms with Gasteiger partial charge in [0.2, 0.25) is 0 Å². The number of aromatic nitrogens is 2. The predicted molar refractivity (Wildman–Crippen MR) is 79.3 cm³/mol. The van der Waals surface area contributed by atoms with Crippen LogP contribution >= 0.6 is 0 Å². The van der Waals surface area contributed by atoms with Gasteiger partial charge < -0.3 is 4.74 Å². The first-order valence-electron chi connectivity index (χ1n) is 6.73. The molecule has 0 aliphatic heterocycles. The van der Waals surface area contributed by atoms with Gasteiger partial charge in [-0.3, -0.25) is 4.79 Å².